The van der Waals surface area contributed by atoms with Crippen molar-refractivity contribution in [3.05, 3.63) is 30.1 Å². The first kappa shape index (κ1) is 8.94. The summed E-state index contributed by atoms with van der Waals surface area (Å²) in [5.41, 5.74) is 2.20. The van der Waals surface area contributed by atoms with Crippen LogP contribution in [-0.2, 0) is 0 Å². The number of nitrogens with zero attached hydrogens (tertiary/aromatic N) is 2. The first-order valence-electron chi connectivity index (χ1n) is 4.58. The van der Waals surface area contributed by atoms with Gasteiger partial charge in [0, 0.05) is 24.9 Å². The average molecular weight is 188 g/mol. The maximum absolute atomic E-state index is 5.14. The number of rotatable bonds is 2. The van der Waals surface area contributed by atoms with Gasteiger partial charge in [-0.25, -0.2) is 0 Å². The van der Waals surface area contributed by atoms with Crippen LogP contribution >= 0.6 is 0 Å². The Labute approximate surface area is 83.2 Å². The molecule has 1 aromatic rings. The topological polar surface area (TPSA) is 34.5 Å². The van der Waals surface area contributed by atoms with Crippen molar-refractivity contribution in [3.8, 4) is 5.75 Å². The normalized spacial score (nSPS) is 15.1. The largest absolute Gasteiger partial charge is 0.497 e. The van der Waals surface area contributed by atoms with Crippen molar-refractivity contribution in [1.29, 1.82) is 0 Å². The van der Waals surface area contributed by atoms with Crippen molar-refractivity contribution >= 4 is 11.8 Å². The van der Waals surface area contributed by atoms with Gasteiger partial charge in [-0.3, -0.25) is 9.98 Å². The van der Waals surface area contributed by atoms with E-state index in [1.165, 1.54) is 5.57 Å². The Balaban J connectivity index is 2.27. The van der Waals surface area contributed by atoms with E-state index in [1.807, 2.05) is 18.3 Å². The van der Waals surface area contributed by atoms with E-state index in [9.17, 15) is 0 Å². The molecule has 14 heavy (non-hydrogen) atoms. The predicted octanol–water partition coefficient (Wildman–Crippen LogP) is 1.95. The molecule has 0 unspecified atom stereocenters. The summed E-state index contributed by atoms with van der Waals surface area (Å²) in [7, 11) is 1.66. The first-order chi connectivity index (χ1) is 6.90. The van der Waals surface area contributed by atoms with Gasteiger partial charge in [0.2, 0.25) is 0 Å². The number of allylic oxidation sites excluding steroid dienone is 1. The van der Waals surface area contributed by atoms with Crippen molar-refractivity contribution in [2.45, 2.75) is 6.42 Å². The molecule has 2 rings (SSSR count). The zero-order chi connectivity index (χ0) is 9.80. The Morgan fingerprint density at radius 3 is 3.07 bits per heavy atom. The highest BCUT2D eigenvalue weighted by molar-refractivity contribution is 5.80. The lowest BCUT2D eigenvalue weighted by atomic mass is 10.1. The maximum atomic E-state index is 5.14. The average Bonchev–Trinajstić information content (AvgIpc) is 2.30. The Morgan fingerprint density at radius 1 is 1.43 bits per heavy atom. The lowest BCUT2D eigenvalue weighted by Crippen LogP contribution is -1.96. The first-order valence-corrected chi connectivity index (χ1v) is 4.58. The minimum absolute atomic E-state index is 0.758. The highest BCUT2D eigenvalue weighted by Gasteiger charge is 2.05. The zero-order valence-electron chi connectivity index (χ0n) is 8.10. The Bertz CT molecular complexity index is 383. The van der Waals surface area contributed by atoms with Crippen LogP contribution < -0.4 is 4.74 Å². The third-order valence-electron chi connectivity index (χ3n) is 2.18. The van der Waals surface area contributed by atoms with E-state index in [4.69, 9.17) is 4.74 Å². The van der Waals surface area contributed by atoms with Gasteiger partial charge in [0.05, 0.1) is 19.3 Å². The number of aromatic nitrogens is 1. The van der Waals surface area contributed by atoms with Crippen molar-refractivity contribution in [3.63, 3.8) is 0 Å². The molecular weight excluding hydrogens is 176 g/mol. The molecule has 0 N–H and O–H groups in total. The standard InChI is InChI=1S/C11H12N2O/c1-14-10-4-7-13-11(8-10)9-2-5-12-6-3-9/h2,4,6-8H,3,5H2,1H3. The molecule has 1 aliphatic heterocycles. The lowest BCUT2D eigenvalue weighted by molar-refractivity contribution is 0.414. The molecule has 0 saturated heterocycles. The SMILES string of the molecule is COc1ccnc(C2=CCN=CC2)c1. The van der Waals surface area contributed by atoms with E-state index in [0.29, 0.717) is 0 Å². The molecule has 0 saturated carbocycles. The number of hydrogen-bond acceptors (Lipinski definition) is 3. The Morgan fingerprint density at radius 2 is 2.36 bits per heavy atom. The number of dihydropyridines is 1. The van der Waals surface area contributed by atoms with Gasteiger partial charge in [-0.2, -0.15) is 0 Å². The van der Waals surface area contributed by atoms with Crippen LogP contribution in [0.15, 0.2) is 29.4 Å². The van der Waals surface area contributed by atoms with E-state index < -0.39 is 0 Å². The van der Waals surface area contributed by atoms with Crippen LogP contribution in [0.4, 0.5) is 0 Å². The van der Waals surface area contributed by atoms with Crippen LogP contribution in [0.3, 0.4) is 0 Å². The molecule has 3 heteroatoms. The number of methoxy groups -OCH3 is 1. The monoisotopic (exact) mass is 188 g/mol. The molecule has 0 radical (unpaired) electrons. The fourth-order valence-corrected chi connectivity index (χ4v) is 1.41. The molecular formula is C11H12N2O. The molecule has 0 amide bonds. The lowest BCUT2D eigenvalue weighted by Gasteiger charge is -2.08. The fourth-order valence-electron chi connectivity index (χ4n) is 1.41. The van der Waals surface area contributed by atoms with Gasteiger partial charge in [0.25, 0.3) is 0 Å². The minimum Gasteiger partial charge on any atom is -0.497 e. The summed E-state index contributed by atoms with van der Waals surface area (Å²) < 4.78 is 5.14. The quantitative estimate of drug-likeness (QED) is 0.711. The molecule has 0 fully saturated rings. The summed E-state index contributed by atoms with van der Waals surface area (Å²) in [5, 5.41) is 0. The van der Waals surface area contributed by atoms with Gasteiger partial charge in [0.1, 0.15) is 5.75 Å². The summed E-state index contributed by atoms with van der Waals surface area (Å²) in [6.45, 7) is 0.758. The summed E-state index contributed by atoms with van der Waals surface area (Å²) in [5.74, 6) is 0.846. The molecule has 0 aliphatic carbocycles. The van der Waals surface area contributed by atoms with Gasteiger partial charge in [-0.15, -0.1) is 0 Å². The second-order valence-corrected chi connectivity index (χ2v) is 3.06. The van der Waals surface area contributed by atoms with Crippen LogP contribution in [0.2, 0.25) is 0 Å². The van der Waals surface area contributed by atoms with Crippen LogP contribution in [-0.4, -0.2) is 24.9 Å². The van der Waals surface area contributed by atoms with E-state index >= 15 is 0 Å². The smallest absolute Gasteiger partial charge is 0.122 e. The maximum Gasteiger partial charge on any atom is 0.122 e. The van der Waals surface area contributed by atoms with Crippen LogP contribution in [0, 0.1) is 0 Å². The second-order valence-electron chi connectivity index (χ2n) is 3.06. The van der Waals surface area contributed by atoms with E-state index in [2.05, 4.69) is 16.1 Å². The Kier molecular flexibility index (Phi) is 2.58. The number of aliphatic imine (C=N–C) groups is 1. The van der Waals surface area contributed by atoms with Crippen molar-refractivity contribution in [1.82, 2.24) is 4.98 Å². The highest BCUT2D eigenvalue weighted by atomic mass is 16.5. The molecule has 1 aromatic heterocycles. The third-order valence-corrected chi connectivity index (χ3v) is 2.18. The van der Waals surface area contributed by atoms with Gasteiger partial charge in [-0.05, 0) is 11.6 Å². The van der Waals surface area contributed by atoms with Gasteiger partial charge in [0.15, 0.2) is 0 Å². The van der Waals surface area contributed by atoms with E-state index in [-0.39, 0.29) is 0 Å². The summed E-state index contributed by atoms with van der Waals surface area (Å²) >= 11 is 0. The molecule has 2 heterocycles. The van der Waals surface area contributed by atoms with Crippen LogP contribution in [0.25, 0.3) is 5.57 Å². The Hall–Kier alpha value is -1.64. The van der Waals surface area contributed by atoms with Crippen molar-refractivity contribution < 1.29 is 4.74 Å². The molecule has 0 spiro atoms. The third kappa shape index (κ3) is 1.82. The summed E-state index contributed by atoms with van der Waals surface area (Å²) in [4.78, 5) is 8.44. The van der Waals surface area contributed by atoms with Crippen LogP contribution in [0.5, 0.6) is 5.75 Å². The second kappa shape index (κ2) is 4.05. The summed E-state index contributed by atoms with van der Waals surface area (Å²) in [6, 6.07) is 3.80. The molecule has 0 atom stereocenters. The van der Waals surface area contributed by atoms with Gasteiger partial charge in [-0.1, -0.05) is 6.08 Å². The zero-order valence-corrected chi connectivity index (χ0v) is 8.10. The molecule has 0 bridgehead atoms. The fraction of sp³-hybridized carbons (Fsp3) is 0.273. The van der Waals surface area contributed by atoms with Crippen molar-refractivity contribution in [2.75, 3.05) is 13.7 Å². The molecule has 72 valence electrons. The summed E-state index contributed by atoms with van der Waals surface area (Å²) in [6.07, 6.45) is 6.65. The van der Waals surface area contributed by atoms with Crippen molar-refractivity contribution in [2.24, 2.45) is 4.99 Å². The molecule has 1 aliphatic rings. The van der Waals surface area contributed by atoms with Gasteiger partial charge < -0.3 is 4.74 Å². The number of hydrogen-bond donors (Lipinski definition) is 0. The van der Waals surface area contributed by atoms with Crippen LogP contribution in [0.1, 0.15) is 12.1 Å². The van der Waals surface area contributed by atoms with E-state index in [0.717, 1.165) is 24.4 Å². The van der Waals surface area contributed by atoms with Gasteiger partial charge >= 0.3 is 0 Å². The highest BCUT2D eigenvalue weighted by Crippen LogP contribution is 2.20. The number of pyridine rings is 1. The van der Waals surface area contributed by atoms with E-state index in [1.54, 1.807) is 13.3 Å². The number of ether oxygens (including phenoxy) is 1. The molecule has 0 aromatic carbocycles. The predicted molar refractivity (Wildman–Crippen MR) is 56.7 cm³/mol. The minimum atomic E-state index is 0.758. The molecule has 3 nitrogen and oxygen atoms in total.